The number of rotatable bonds is 5. The fraction of sp³-hybridized carbons (Fsp3) is 0.529. The molecule has 0 atom stereocenters. The van der Waals surface area contributed by atoms with E-state index in [1.165, 1.54) is 12.1 Å². The van der Waals surface area contributed by atoms with E-state index < -0.39 is 15.7 Å². The molecule has 0 unspecified atom stereocenters. The van der Waals surface area contributed by atoms with Crippen molar-refractivity contribution < 1.29 is 17.6 Å². The average Bonchev–Trinajstić information content (AvgIpc) is 2.60. The van der Waals surface area contributed by atoms with E-state index in [9.17, 15) is 12.8 Å². The van der Waals surface area contributed by atoms with Crippen molar-refractivity contribution in [3.63, 3.8) is 0 Å². The van der Waals surface area contributed by atoms with Gasteiger partial charge in [0, 0.05) is 31.5 Å². The average molecular weight is 369 g/mol. The summed E-state index contributed by atoms with van der Waals surface area (Å²) in [5.41, 5.74) is 4.46. The second kappa shape index (κ2) is 7.72. The first-order valence-corrected chi connectivity index (χ1v) is 10.4. The largest absolute Gasteiger partial charge is 0.365 e. The van der Waals surface area contributed by atoms with Crippen LogP contribution in [0.4, 0.5) is 10.1 Å². The number of nitrogens with one attached hydrogen (secondary N) is 2. The van der Waals surface area contributed by atoms with Crippen LogP contribution in [0.3, 0.4) is 0 Å². The highest BCUT2D eigenvalue weighted by molar-refractivity contribution is 7.90. The Kier molecular flexibility index (Phi) is 5.61. The van der Waals surface area contributed by atoms with Crippen LogP contribution in [0.2, 0.25) is 0 Å². The van der Waals surface area contributed by atoms with Crippen LogP contribution in [0.1, 0.15) is 19.3 Å². The maximum absolute atomic E-state index is 14.3. The molecule has 2 aliphatic heterocycles. The van der Waals surface area contributed by atoms with Crippen molar-refractivity contribution >= 4 is 15.5 Å². The molecule has 8 heteroatoms. The SMILES string of the molecule is CS(=O)(=O)c1ccc(N2CC=C(NOC3CCNCC3)CC2)c(F)c1. The second-order valence-corrected chi connectivity index (χ2v) is 8.50. The smallest absolute Gasteiger partial charge is 0.175 e. The van der Waals surface area contributed by atoms with Crippen LogP contribution in [-0.2, 0) is 14.7 Å². The first-order chi connectivity index (χ1) is 11.9. The standard InChI is InChI=1S/C17H24FN3O3S/c1-25(22,23)15-2-3-17(16(18)12-15)21-10-6-13(7-11-21)20-24-14-4-8-19-9-5-14/h2-3,6,12,14,19-20H,4-5,7-11H2,1H3. The Morgan fingerprint density at radius 3 is 2.68 bits per heavy atom. The Bertz CT molecular complexity index is 746. The molecule has 1 fully saturated rings. The number of hydroxylamine groups is 1. The second-order valence-electron chi connectivity index (χ2n) is 6.48. The monoisotopic (exact) mass is 369 g/mol. The molecule has 2 aliphatic rings. The van der Waals surface area contributed by atoms with E-state index >= 15 is 0 Å². The molecule has 2 heterocycles. The molecule has 1 aromatic carbocycles. The Morgan fingerprint density at radius 1 is 1.32 bits per heavy atom. The van der Waals surface area contributed by atoms with Crippen LogP contribution in [0.25, 0.3) is 0 Å². The molecule has 0 saturated carbocycles. The number of sulfone groups is 1. The van der Waals surface area contributed by atoms with Crippen molar-refractivity contribution in [3.05, 3.63) is 35.8 Å². The predicted octanol–water partition coefficient (Wildman–Crippen LogP) is 1.60. The van der Waals surface area contributed by atoms with Gasteiger partial charge in [0.2, 0.25) is 0 Å². The fourth-order valence-corrected chi connectivity index (χ4v) is 3.66. The molecule has 0 radical (unpaired) electrons. The Morgan fingerprint density at radius 2 is 2.08 bits per heavy atom. The molecule has 2 N–H and O–H groups in total. The number of anilines is 1. The summed E-state index contributed by atoms with van der Waals surface area (Å²) in [6.45, 7) is 3.14. The normalized spacial score (nSPS) is 19.6. The van der Waals surface area contributed by atoms with Crippen molar-refractivity contribution in [1.82, 2.24) is 10.8 Å². The van der Waals surface area contributed by atoms with Crippen LogP contribution in [0.15, 0.2) is 34.9 Å². The summed E-state index contributed by atoms with van der Waals surface area (Å²) in [5, 5.41) is 3.29. The number of hydrogen-bond acceptors (Lipinski definition) is 6. The summed E-state index contributed by atoms with van der Waals surface area (Å²) in [4.78, 5) is 7.61. The minimum absolute atomic E-state index is 0.000899. The maximum atomic E-state index is 14.3. The van der Waals surface area contributed by atoms with Gasteiger partial charge >= 0.3 is 0 Å². The van der Waals surface area contributed by atoms with Crippen molar-refractivity contribution in [2.24, 2.45) is 0 Å². The lowest BCUT2D eigenvalue weighted by atomic mass is 10.1. The molecule has 0 aromatic heterocycles. The minimum Gasteiger partial charge on any atom is -0.365 e. The lowest BCUT2D eigenvalue weighted by Crippen LogP contribution is -2.37. The van der Waals surface area contributed by atoms with Gasteiger partial charge in [-0.3, -0.25) is 10.3 Å². The van der Waals surface area contributed by atoms with Crippen LogP contribution in [-0.4, -0.2) is 47.0 Å². The molecular weight excluding hydrogens is 345 g/mol. The number of halogens is 1. The van der Waals surface area contributed by atoms with E-state index in [0.717, 1.165) is 50.4 Å². The van der Waals surface area contributed by atoms with Gasteiger partial charge < -0.3 is 10.2 Å². The predicted molar refractivity (Wildman–Crippen MR) is 94.5 cm³/mol. The number of benzene rings is 1. The molecule has 0 aliphatic carbocycles. The van der Waals surface area contributed by atoms with Gasteiger partial charge in [-0.1, -0.05) is 0 Å². The van der Waals surface area contributed by atoms with Gasteiger partial charge in [0.25, 0.3) is 0 Å². The van der Waals surface area contributed by atoms with E-state index in [-0.39, 0.29) is 11.0 Å². The van der Waals surface area contributed by atoms with Gasteiger partial charge in [-0.25, -0.2) is 12.8 Å². The van der Waals surface area contributed by atoms with Gasteiger partial charge in [-0.2, -0.15) is 0 Å². The molecule has 0 amide bonds. The topological polar surface area (TPSA) is 70.7 Å². The zero-order chi connectivity index (χ0) is 17.9. The summed E-state index contributed by atoms with van der Waals surface area (Å²) >= 11 is 0. The molecule has 0 spiro atoms. The summed E-state index contributed by atoms with van der Waals surface area (Å²) in [7, 11) is -3.40. The Hall–Kier alpha value is -1.64. The van der Waals surface area contributed by atoms with Crippen LogP contribution >= 0.6 is 0 Å². The Labute approximate surface area is 147 Å². The number of piperidine rings is 1. The zero-order valence-electron chi connectivity index (χ0n) is 14.3. The summed E-state index contributed by atoms with van der Waals surface area (Å²) < 4.78 is 37.3. The van der Waals surface area contributed by atoms with Crippen molar-refractivity contribution in [2.45, 2.75) is 30.3 Å². The first-order valence-electron chi connectivity index (χ1n) is 8.49. The third-order valence-electron chi connectivity index (χ3n) is 4.54. The Balaban J connectivity index is 1.58. The van der Waals surface area contributed by atoms with E-state index in [0.29, 0.717) is 18.8 Å². The number of nitrogens with zero attached hydrogens (tertiary/aromatic N) is 1. The van der Waals surface area contributed by atoms with Crippen molar-refractivity contribution in [3.8, 4) is 0 Å². The molecule has 6 nitrogen and oxygen atoms in total. The van der Waals surface area contributed by atoms with E-state index in [1.807, 2.05) is 11.0 Å². The molecular formula is C17H24FN3O3S. The molecule has 0 bridgehead atoms. The van der Waals surface area contributed by atoms with Gasteiger partial charge in [0.1, 0.15) is 5.82 Å². The zero-order valence-corrected chi connectivity index (χ0v) is 15.1. The first kappa shape index (κ1) is 18.2. The lowest BCUT2D eigenvalue weighted by Gasteiger charge is -2.30. The maximum Gasteiger partial charge on any atom is 0.175 e. The highest BCUT2D eigenvalue weighted by Crippen LogP contribution is 2.25. The quantitative estimate of drug-likeness (QED) is 0.769. The highest BCUT2D eigenvalue weighted by Gasteiger charge is 2.19. The molecule has 1 saturated heterocycles. The molecule has 3 rings (SSSR count). The van der Waals surface area contributed by atoms with Crippen LogP contribution in [0.5, 0.6) is 0 Å². The number of hydrogen-bond donors (Lipinski definition) is 2. The lowest BCUT2D eigenvalue weighted by molar-refractivity contribution is -0.0246. The van der Waals surface area contributed by atoms with Crippen molar-refractivity contribution in [1.29, 1.82) is 0 Å². The third-order valence-corrected chi connectivity index (χ3v) is 5.65. The summed E-state index contributed by atoms with van der Waals surface area (Å²) in [6.07, 6.45) is 5.98. The van der Waals surface area contributed by atoms with Gasteiger partial charge in [0.15, 0.2) is 9.84 Å². The van der Waals surface area contributed by atoms with E-state index in [1.54, 1.807) is 0 Å². The molecule has 1 aromatic rings. The van der Waals surface area contributed by atoms with E-state index in [2.05, 4.69) is 10.8 Å². The molecule has 138 valence electrons. The van der Waals surface area contributed by atoms with Crippen molar-refractivity contribution in [2.75, 3.05) is 37.3 Å². The van der Waals surface area contributed by atoms with Crippen LogP contribution < -0.4 is 15.7 Å². The third kappa shape index (κ3) is 4.71. The minimum atomic E-state index is -3.40. The van der Waals surface area contributed by atoms with E-state index in [4.69, 9.17) is 4.84 Å². The highest BCUT2D eigenvalue weighted by atomic mass is 32.2. The summed E-state index contributed by atoms with van der Waals surface area (Å²) in [6, 6.07) is 4.07. The fourth-order valence-electron chi connectivity index (χ4n) is 3.03. The van der Waals surface area contributed by atoms with Gasteiger partial charge in [0.05, 0.1) is 16.7 Å². The molecule has 25 heavy (non-hydrogen) atoms. The van der Waals surface area contributed by atoms with Gasteiger partial charge in [-0.15, -0.1) is 0 Å². The summed E-state index contributed by atoms with van der Waals surface area (Å²) in [5.74, 6) is -0.515. The van der Waals surface area contributed by atoms with Gasteiger partial charge in [-0.05, 0) is 50.2 Å². The van der Waals surface area contributed by atoms with Crippen LogP contribution in [0, 0.1) is 5.82 Å².